The van der Waals surface area contributed by atoms with Gasteiger partial charge in [0.05, 0.1) is 4.47 Å². The van der Waals surface area contributed by atoms with Crippen LogP contribution in [0.25, 0.3) is 0 Å². The molecule has 1 unspecified atom stereocenters. The molecule has 0 aliphatic carbocycles. The van der Waals surface area contributed by atoms with Crippen LogP contribution in [0.5, 0.6) is 5.75 Å². The minimum absolute atomic E-state index is 0.157. The van der Waals surface area contributed by atoms with Crippen molar-refractivity contribution in [3.63, 3.8) is 0 Å². The van der Waals surface area contributed by atoms with Gasteiger partial charge in [-0.2, -0.15) is 0 Å². The van der Waals surface area contributed by atoms with Crippen molar-refractivity contribution in [3.8, 4) is 5.75 Å². The molecular formula is C16H17BrFNO2. The van der Waals surface area contributed by atoms with Crippen LogP contribution in [0.2, 0.25) is 0 Å². The molecule has 3 nitrogen and oxygen atoms in total. The Bertz CT molecular complexity index is 607. The third-order valence-corrected chi connectivity index (χ3v) is 3.50. The zero-order chi connectivity index (χ0) is 15.2. The third kappa shape index (κ3) is 5.02. The van der Waals surface area contributed by atoms with E-state index in [0.717, 1.165) is 10.0 Å². The van der Waals surface area contributed by atoms with Crippen molar-refractivity contribution in [2.45, 2.75) is 13.0 Å². The van der Waals surface area contributed by atoms with Crippen molar-refractivity contribution in [1.29, 1.82) is 0 Å². The van der Waals surface area contributed by atoms with Crippen molar-refractivity contribution in [3.05, 3.63) is 58.3 Å². The molecule has 0 saturated heterocycles. The molecule has 0 aliphatic rings. The fourth-order valence-electron chi connectivity index (χ4n) is 1.80. The second kappa shape index (κ2) is 7.43. The summed E-state index contributed by atoms with van der Waals surface area (Å²) in [7, 11) is 0. The van der Waals surface area contributed by atoms with Crippen LogP contribution in [0, 0.1) is 12.7 Å². The molecule has 0 aromatic heterocycles. The summed E-state index contributed by atoms with van der Waals surface area (Å²) in [6.07, 6.45) is -0.693. The molecule has 5 heteroatoms. The van der Waals surface area contributed by atoms with E-state index < -0.39 is 6.10 Å². The third-order valence-electron chi connectivity index (χ3n) is 2.89. The van der Waals surface area contributed by atoms with E-state index in [4.69, 9.17) is 4.74 Å². The maximum absolute atomic E-state index is 13.0. The SMILES string of the molecule is Cc1ccc(OCC(O)CNc2cccc(F)c2)c(Br)c1. The Kier molecular flexibility index (Phi) is 5.59. The summed E-state index contributed by atoms with van der Waals surface area (Å²) in [6.45, 7) is 2.43. The van der Waals surface area contributed by atoms with Crippen LogP contribution in [-0.4, -0.2) is 24.4 Å². The van der Waals surface area contributed by atoms with Gasteiger partial charge < -0.3 is 15.2 Å². The fourth-order valence-corrected chi connectivity index (χ4v) is 2.41. The van der Waals surface area contributed by atoms with E-state index in [1.54, 1.807) is 12.1 Å². The maximum Gasteiger partial charge on any atom is 0.133 e. The van der Waals surface area contributed by atoms with Crippen molar-refractivity contribution < 1.29 is 14.2 Å². The Labute approximate surface area is 131 Å². The number of halogens is 2. The number of anilines is 1. The van der Waals surface area contributed by atoms with E-state index in [1.807, 2.05) is 25.1 Å². The normalized spacial score (nSPS) is 12.0. The molecular weight excluding hydrogens is 337 g/mol. The summed E-state index contributed by atoms with van der Waals surface area (Å²) >= 11 is 3.42. The summed E-state index contributed by atoms with van der Waals surface area (Å²) < 4.78 is 19.4. The van der Waals surface area contributed by atoms with Crippen molar-refractivity contribution >= 4 is 21.6 Å². The van der Waals surface area contributed by atoms with Gasteiger partial charge in [-0.25, -0.2) is 4.39 Å². The molecule has 21 heavy (non-hydrogen) atoms. The highest BCUT2D eigenvalue weighted by molar-refractivity contribution is 9.10. The number of aliphatic hydroxyl groups excluding tert-OH is 1. The van der Waals surface area contributed by atoms with E-state index in [9.17, 15) is 9.50 Å². The number of aryl methyl sites for hydroxylation is 1. The van der Waals surface area contributed by atoms with Crippen molar-refractivity contribution in [2.24, 2.45) is 0 Å². The maximum atomic E-state index is 13.0. The molecule has 2 rings (SSSR count). The van der Waals surface area contributed by atoms with Crippen LogP contribution >= 0.6 is 15.9 Å². The fraction of sp³-hybridized carbons (Fsp3) is 0.250. The molecule has 2 N–H and O–H groups in total. The summed E-state index contributed by atoms with van der Waals surface area (Å²) in [4.78, 5) is 0. The molecule has 0 radical (unpaired) electrons. The second-order valence-electron chi connectivity index (χ2n) is 4.79. The average Bonchev–Trinajstić information content (AvgIpc) is 2.44. The number of ether oxygens (including phenoxy) is 1. The molecule has 2 aromatic rings. The van der Waals surface area contributed by atoms with Crippen LogP contribution in [0.4, 0.5) is 10.1 Å². The first-order valence-corrected chi connectivity index (χ1v) is 7.40. The summed E-state index contributed by atoms with van der Waals surface area (Å²) in [5, 5.41) is 12.9. The molecule has 1 atom stereocenters. The smallest absolute Gasteiger partial charge is 0.133 e. The van der Waals surface area contributed by atoms with Gasteiger partial charge in [0.2, 0.25) is 0 Å². The minimum Gasteiger partial charge on any atom is -0.490 e. The van der Waals surface area contributed by atoms with Gasteiger partial charge in [0.25, 0.3) is 0 Å². The van der Waals surface area contributed by atoms with Crippen LogP contribution < -0.4 is 10.1 Å². The summed E-state index contributed by atoms with van der Waals surface area (Å²) in [5.41, 5.74) is 1.76. The lowest BCUT2D eigenvalue weighted by atomic mass is 10.2. The van der Waals surface area contributed by atoms with Gasteiger partial charge >= 0.3 is 0 Å². The molecule has 0 saturated carbocycles. The largest absolute Gasteiger partial charge is 0.490 e. The Morgan fingerprint density at radius 1 is 1.29 bits per heavy atom. The van der Waals surface area contributed by atoms with E-state index in [-0.39, 0.29) is 19.0 Å². The number of nitrogens with one attached hydrogen (secondary N) is 1. The van der Waals surface area contributed by atoms with Gasteiger partial charge in [-0.15, -0.1) is 0 Å². The van der Waals surface area contributed by atoms with E-state index in [0.29, 0.717) is 11.4 Å². The molecule has 2 aromatic carbocycles. The van der Waals surface area contributed by atoms with Gasteiger partial charge in [-0.3, -0.25) is 0 Å². The number of hydrogen-bond acceptors (Lipinski definition) is 3. The first-order valence-electron chi connectivity index (χ1n) is 6.61. The number of hydrogen-bond donors (Lipinski definition) is 2. The Morgan fingerprint density at radius 3 is 2.81 bits per heavy atom. The van der Waals surface area contributed by atoms with E-state index in [2.05, 4.69) is 21.2 Å². The second-order valence-corrected chi connectivity index (χ2v) is 5.64. The van der Waals surface area contributed by atoms with Crippen LogP contribution in [0.1, 0.15) is 5.56 Å². The highest BCUT2D eigenvalue weighted by Crippen LogP contribution is 2.25. The van der Waals surface area contributed by atoms with Crippen molar-refractivity contribution in [1.82, 2.24) is 0 Å². The topological polar surface area (TPSA) is 41.5 Å². The van der Waals surface area contributed by atoms with E-state index >= 15 is 0 Å². The van der Waals surface area contributed by atoms with Crippen LogP contribution in [-0.2, 0) is 0 Å². The standard InChI is InChI=1S/C16H17BrFNO2/c1-11-5-6-16(15(17)7-11)21-10-14(20)9-19-13-4-2-3-12(18)8-13/h2-8,14,19-20H,9-10H2,1H3. The van der Waals surface area contributed by atoms with Crippen molar-refractivity contribution in [2.75, 3.05) is 18.5 Å². The summed E-state index contributed by atoms with van der Waals surface area (Å²) in [6, 6.07) is 11.9. The van der Waals surface area contributed by atoms with Crippen LogP contribution in [0.15, 0.2) is 46.9 Å². The minimum atomic E-state index is -0.693. The average molecular weight is 354 g/mol. The zero-order valence-electron chi connectivity index (χ0n) is 11.6. The van der Waals surface area contributed by atoms with Gasteiger partial charge in [-0.1, -0.05) is 12.1 Å². The quantitative estimate of drug-likeness (QED) is 0.830. The zero-order valence-corrected chi connectivity index (χ0v) is 13.2. The molecule has 0 amide bonds. The van der Waals surface area contributed by atoms with Crippen LogP contribution in [0.3, 0.4) is 0 Å². The Balaban J connectivity index is 1.80. The predicted molar refractivity (Wildman–Crippen MR) is 85.3 cm³/mol. The molecule has 0 aliphatic heterocycles. The van der Waals surface area contributed by atoms with Gasteiger partial charge in [0, 0.05) is 12.2 Å². The first-order chi connectivity index (χ1) is 10.0. The monoisotopic (exact) mass is 353 g/mol. The molecule has 0 spiro atoms. The summed E-state index contributed by atoms with van der Waals surface area (Å²) in [5.74, 6) is 0.375. The number of benzene rings is 2. The highest BCUT2D eigenvalue weighted by Gasteiger charge is 2.07. The molecule has 0 heterocycles. The number of rotatable bonds is 6. The van der Waals surface area contributed by atoms with E-state index in [1.165, 1.54) is 12.1 Å². The lowest BCUT2D eigenvalue weighted by molar-refractivity contribution is 0.117. The predicted octanol–water partition coefficient (Wildman–Crippen LogP) is 3.75. The van der Waals surface area contributed by atoms with Gasteiger partial charge in [-0.05, 0) is 58.7 Å². The lowest BCUT2D eigenvalue weighted by Crippen LogP contribution is -2.26. The van der Waals surface area contributed by atoms with Gasteiger partial charge in [0.1, 0.15) is 24.3 Å². The van der Waals surface area contributed by atoms with Gasteiger partial charge in [0.15, 0.2) is 0 Å². The molecule has 0 fully saturated rings. The Hall–Kier alpha value is -1.59. The number of aliphatic hydroxyl groups is 1. The highest BCUT2D eigenvalue weighted by atomic mass is 79.9. The molecule has 0 bridgehead atoms. The Morgan fingerprint density at radius 2 is 2.10 bits per heavy atom. The molecule has 112 valence electrons. The lowest BCUT2D eigenvalue weighted by Gasteiger charge is -2.15. The first kappa shape index (κ1) is 15.8.